The molecule has 1 aliphatic carbocycles. The number of hydrogen-bond acceptors (Lipinski definition) is 4. The van der Waals surface area contributed by atoms with E-state index in [2.05, 4.69) is 21.7 Å². The lowest BCUT2D eigenvalue weighted by Gasteiger charge is -2.39. The lowest BCUT2D eigenvalue weighted by molar-refractivity contribution is -0.137. The molecule has 0 aromatic carbocycles. The van der Waals surface area contributed by atoms with Crippen LogP contribution in [0.15, 0.2) is 0 Å². The van der Waals surface area contributed by atoms with E-state index in [1.54, 1.807) is 0 Å². The van der Waals surface area contributed by atoms with Crippen LogP contribution in [0.5, 0.6) is 0 Å². The second-order valence-electron chi connectivity index (χ2n) is 6.49. The van der Waals surface area contributed by atoms with Gasteiger partial charge in [0, 0.05) is 19.1 Å². The zero-order valence-corrected chi connectivity index (χ0v) is 12.6. The molecule has 1 amide bonds. The van der Waals surface area contributed by atoms with Gasteiger partial charge < -0.3 is 20.4 Å². The molecule has 0 bridgehead atoms. The summed E-state index contributed by atoms with van der Waals surface area (Å²) in [5.41, 5.74) is 5.58. The normalized spacial score (nSPS) is 23.6. The first-order valence-corrected chi connectivity index (χ1v) is 7.35. The predicted octanol–water partition coefficient (Wildman–Crippen LogP) is -0.0379. The Balaban J connectivity index is 1.99. The van der Waals surface area contributed by atoms with Crippen LogP contribution in [-0.4, -0.2) is 79.5 Å². The van der Waals surface area contributed by atoms with Crippen molar-refractivity contribution >= 4 is 5.91 Å². The van der Waals surface area contributed by atoms with Crippen molar-refractivity contribution in [3.05, 3.63) is 0 Å². The zero-order chi connectivity index (χ0) is 14.0. The predicted molar refractivity (Wildman–Crippen MR) is 76.9 cm³/mol. The van der Waals surface area contributed by atoms with Gasteiger partial charge in [0.1, 0.15) is 0 Å². The highest BCUT2D eigenvalue weighted by Gasteiger charge is 2.49. The molecule has 1 aliphatic heterocycles. The Labute approximate surface area is 116 Å². The fourth-order valence-corrected chi connectivity index (χ4v) is 2.70. The Hall–Kier alpha value is -0.650. The summed E-state index contributed by atoms with van der Waals surface area (Å²) >= 11 is 0. The number of likely N-dealkylation sites (tertiary alicyclic amines) is 1. The summed E-state index contributed by atoms with van der Waals surface area (Å²) in [5.74, 6) is 0.184. The first kappa shape index (κ1) is 14.8. The van der Waals surface area contributed by atoms with Crippen molar-refractivity contribution in [3.8, 4) is 0 Å². The third-order valence-corrected chi connectivity index (χ3v) is 4.39. The molecule has 0 unspecified atom stereocenters. The first-order chi connectivity index (χ1) is 8.92. The van der Waals surface area contributed by atoms with Crippen LogP contribution in [0.25, 0.3) is 0 Å². The summed E-state index contributed by atoms with van der Waals surface area (Å²) in [5, 5.41) is 0. The molecular formula is C14H28N4O. The quantitative estimate of drug-likeness (QED) is 0.760. The van der Waals surface area contributed by atoms with Crippen LogP contribution >= 0.6 is 0 Å². The van der Waals surface area contributed by atoms with Crippen LogP contribution in [0.1, 0.15) is 25.7 Å². The Morgan fingerprint density at radius 2 is 1.84 bits per heavy atom. The van der Waals surface area contributed by atoms with E-state index in [0.29, 0.717) is 6.04 Å². The lowest BCUT2D eigenvalue weighted by Crippen LogP contribution is -2.54. The summed E-state index contributed by atoms with van der Waals surface area (Å²) in [6.45, 7) is 3.87. The number of rotatable bonds is 5. The molecule has 5 nitrogen and oxygen atoms in total. The van der Waals surface area contributed by atoms with Crippen molar-refractivity contribution in [2.45, 2.75) is 37.3 Å². The van der Waals surface area contributed by atoms with Crippen LogP contribution in [-0.2, 0) is 4.79 Å². The van der Waals surface area contributed by atoms with Gasteiger partial charge in [0.15, 0.2) is 0 Å². The number of nitrogens with two attached hydrogens (primary N) is 1. The molecule has 2 N–H and O–H groups in total. The highest BCUT2D eigenvalue weighted by atomic mass is 16.2. The van der Waals surface area contributed by atoms with E-state index < -0.39 is 5.54 Å². The average molecular weight is 268 g/mol. The Morgan fingerprint density at radius 3 is 2.32 bits per heavy atom. The minimum Gasteiger partial charge on any atom is -0.337 e. The second kappa shape index (κ2) is 5.77. The molecule has 0 aromatic rings. The number of hydrogen-bond donors (Lipinski definition) is 1. The number of carbonyl (C=O) groups is 1. The van der Waals surface area contributed by atoms with Crippen LogP contribution in [0.2, 0.25) is 0 Å². The van der Waals surface area contributed by atoms with Gasteiger partial charge in [0.05, 0.1) is 5.54 Å². The summed E-state index contributed by atoms with van der Waals surface area (Å²) in [6.07, 6.45) is 3.87. The van der Waals surface area contributed by atoms with E-state index in [9.17, 15) is 4.79 Å². The van der Waals surface area contributed by atoms with Crippen molar-refractivity contribution in [2.24, 2.45) is 5.73 Å². The van der Waals surface area contributed by atoms with Gasteiger partial charge in [-0.25, -0.2) is 0 Å². The molecule has 1 heterocycles. The number of nitrogens with zero attached hydrogens (tertiary/aromatic N) is 3. The minimum absolute atomic E-state index is 0.184. The number of amides is 1. The van der Waals surface area contributed by atoms with E-state index in [4.69, 9.17) is 5.73 Å². The molecule has 1 saturated carbocycles. The molecule has 1 saturated heterocycles. The molecule has 0 radical (unpaired) electrons. The topological polar surface area (TPSA) is 52.8 Å². The largest absolute Gasteiger partial charge is 0.337 e. The third kappa shape index (κ3) is 3.68. The maximum atomic E-state index is 12.6. The highest BCUT2D eigenvalue weighted by molar-refractivity contribution is 5.89. The van der Waals surface area contributed by atoms with Gasteiger partial charge in [-0.05, 0) is 59.9 Å². The van der Waals surface area contributed by atoms with Gasteiger partial charge in [-0.3, -0.25) is 4.79 Å². The summed E-state index contributed by atoms with van der Waals surface area (Å²) in [6, 6.07) is 0.379. The highest BCUT2D eigenvalue weighted by Crippen LogP contribution is 2.35. The van der Waals surface area contributed by atoms with Crippen molar-refractivity contribution in [2.75, 3.05) is 47.3 Å². The van der Waals surface area contributed by atoms with Gasteiger partial charge in [0.25, 0.3) is 0 Å². The Bertz CT molecular complexity index is 319. The van der Waals surface area contributed by atoms with Crippen molar-refractivity contribution in [1.82, 2.24) is 14.7 Å². The van der Waals surface area contributed by atoms with Crippen LogP contribution < -0.4 is 5.73 Å². The first-order valence-electron chi connectivity index (χ1n) is 7.35. The Kier molecular flexibility index (Phi) is 4.48. The summed E-state index contributed by atoms with van der Waals surface area (Å²) in [4.78, 5) is 19.1. The van der Waals surface area contributed by atoms with Crippen molar-refractivity contribution in [1.29, 1.82) is 0 Å². The molecule has 2 rings (SSSR count). The van der Waals surface area contributed by atoms with Gasteiger partial charge in [0.2, 0.25) is 5.91 Å². The van der Waals surface area contributed by atoms with Crippen molar-refractivity contribution in [3.63, 3.8) is 0 Å². The standard InChI is InChI=1S/C14H28N4O/c1-16(2)10-11-18(13(19)14(15)6-7-14)12-4-8-17(3)9-5-12/h12H,4-11,15H2,1-3H3. The van der Waals surface area contributed by atoms with Crippen LogP contribution in [0, 0.1) is 0 Å². The number of carbonyl (C=O) groups excluding carboxylic acids is 1. The molecule has 0 spiro atoms. The van der Waals surface area contributed by atoms with Gasteiger partial charge in [-0.15, -0.1) is 0 Å². The molecule has 0 atom stereocenters. The average Bonchev–Trinajstić information content (AvgIpc) is 3.10. The summed E-state index contributed by atoms with van der Waals surface area (Å²) in [7, 11) is 6.24. The van der Waals surface area contributed by atoms with E-state index in [1.165, 1.54) is 0 Å². The fourth-order valence-electron chi connectivity index (χ4n) is 2.70. The number of likely N-dealkylation sites (N-methyl/N-ethyl adjacent to an activating group) is 1. The van der Waals surface area contributed by atoms with Gasteiger partial charge in [-0.1, -0.05) is 0 Å². The van der Waals surface area contributed by atoms with E-state index in [0.717, 1.165) is 51.9 Å². The van der Waals surface area contributed by atoms with Crippen molar-refractivity contribution < 1.29 is 4.79 Å². The summed E-state index contributed by atoms with van der Waals surface area (Å²) < 4.78 is 0. The minimum atomic E-state index is -0.532. The molecule has 5 heteroatoms. The monoisotopic (exact) mass is 268 g/mol. The smallest absolute Gasteiger partial charge is 0.242 e. The maximum absolute atomic E-state index is 12.6. The van der Waals surface area contributed by atoms with Gasteiger partial charge >= 0.3 is 0 Å². The Morgan fingerprint density at radius 1 is 1.26 bits per heavy atom. The van der Waals surface area contributed by atoms with E-state index in [-0.39, 0.29) is 5.91 Å². The third-order valence-electron chi connectivity index (χ3n) is 4.39. The van der Waals surface area contributed by atoms with E-state index >= 15 is 0 Å². The molecule has 0 aromatic heterocycles. The molecule has 2 aliphatic rings. The molecule has 19 heavy (non-hydrogen) atoms. The lowest BCUT2D eigenvalue weighted by atomic mass is 10.0. The second-order valence-corrected chi connectivity index (χ2v) is 6.49. The molecule has 110 valence electrons. The zero-order valence-electron chi connectivity index (χ0n) is 12.6. The fraction of sp³-hybridized carbons (Fsp3) is 0.929. The molecule has 2 fully saturated rings. The SMILES string of the molecule is CN(C)CCN(C(=O)C1(N)CC1)C1CCN(C)CC1. The number of piperidine rings is 1. The maximum Gasteiger partial charge on any atom is 0.242 e. The van der Waals surface area contributed by atoms with E-state index in [1.807, 2.05) is 14.1 Å². The van der Waals surface area contributed by atoms with Crippen LogP contribution in [0.4, 0.5) is 0 Å². The van der Waals surface area contributed by atoms with Crippen LogP contribution in [0.3, 0.4) is 0 Å². The van der Waals surface area contributed by atoms with Gasteiger partial charge in [-0.2, -0.15) is 0 Å². The molecular weight excluding hydrogens is 240 g/mol.